The maximum Gasteiger partial charge on any atom is 0.109 e. The molecule has 4 heteroatoms. The third-order valence-electron chi connectivity index (χ3n) is 5.04. The van der Waals surface area contributed by atoms with Gasteiger partial charge in [0.05, 0.1) is 0 Å². The van der Waals surface area contributed by atoms with Crippen LogP contribution < -0.4 is 7.69 Å². The second kappa shape index (κ2) is 10.2. The van der Waals surface area contributed by atoms with E-state index in [9.17, 15) is 0 Å². The molecule has 0 nitrogen and oxygen atoms in total. The average Bonchev–Trinajstić information content (AvgIpc) is 2.88. The molecule has 5 aromatic rings. The Hall–Kier alpha value is -2.76. The molecule has 0 aliphatic rings. The smallest absolute Gasteiger partial charge is 0.0666 e. The molecular weight excluding hydrogens is 465 g/mol. The first-order chi connectivity index (χ1) is 15.9. The van der Waals surface area contributed by atoms with E-state index >= 15 is 0 Å². The highest BCUT2D eigenvalue weighted by Gasteiger charge is 2.10. The molecule has 0 bridgehead atoms. The van der Waals surface area contributed by atoms with Crippen molar-refractivity contribution < 1.29 is 0 Å². The number of hydrogen-bond donors (Lipinski definition) is 0. The summed E-state index contributed by atoms with van der Waals surface area (Å²) in [6.45, 7) is 0. The first kappa shape index (κ1) is 21.1. The fourth-order valence-corrected chi connectivity index (χ4v) is 10.5. The molecule has 0 saturated carbocycles. The molecule has 0 amide bonds. The lowest BCUT2D eigenvalue weighted by molar-refractivity contribution is 1.54. The van der Waals surface area contributed by atoms with Crippen LogP contribution in [-0.2, 0) is 0 Å². The largest absolute Gasteiger partial charge is 0.109 e. The first-order valence-corrected chi connectivity index (χ1v) is 14.6. The summed E-state index contributed by atoms with van der Waals surface area (Å²) in [5, 5.41) is 0. The molecule has 0 aliphatic carbocycles. The Balaban J connectivity index is 1.77. The van der Waals surface area contributed by atoms with Crippen molar-refractivity contribution in [2.24, 2.45) is 0 Å². The molecule has 0 unspecified atom stereocenters. The zero-order chi connectivity index (χ0) is 21.6. The standard InChI is InChI=1S/C28H20S4/c1-5-13-21(14-6-1)25(22-15-7-2-8-16-22)27-29-31-28(32-30-27)26(23-17-9-3-10-18-23)24-19-11-4-12-20-24/h1-20H. The van der Waals surface area contributed by atoms with Crippen LogP contribution in [0.2, 0.25) is 0 Å². The van der Waals surface area contributed by atoms with Crippen molar-refractivity contribution in [2.75, 3.05) is 0 Å². The predicted octanol–water partition coefficient (Wildman–Crippen LogP) is 7.55. The van der Waals surface area contributed by atoms with Crippen molar-refractivity contribution in [3.8, 4) is 0 Å². The van der Waals surface area contributed by atoms with E-state index in [1.807, 2.05) is 41.4 Å². The summed E-state index contributed by atoms with van der Waals surface area (Å²) >= 11 is 0. The van der Waals surface area contributed by atoms with Crippen LogP contribution in [0.15, 0.2) is 121 Å². The van der Waals surface area contributed by atoms with Crippen LogP contribution in [0, 0.1) is 0 Å². The van der Waals surface area contributed by atoms with Gasteiger partial charge in [-0.25, -0.2) is 0 Å². The Bertz CT molecular complexity index is 1210. The first-order valence-electron chi connectivity index (χ1n) is 10.3. The zero-order valence-corrected chi connectivity index (χ0v) is 20.4. The van der Waals surface area contributed by atoms with E-state index in [0.29, 0.717) is 0 Å². The molecule has 0 N–H and O–H groups in total. The summed E-state index contributed by atoms with van der Waals surface area (Å²) in [6, 6.07) is 42.9. The van der Waals surface area contributed by atoms with Crippen LogP contribution in [-0.4, -0.2) is 0 Å². The Morgan fingerprint density at radius 1 is 0.312 bits per heavy atom. The van der Waals surface area contributed by atoms with Crippen LogP contribution in [0.3, 0.4) is 0 Å². The molecule has 4 aromatic carbocycles. The van der Waals surface area contributed by atoms with Crippen molar-refractivity contribution in [2.45, 2.75) is 0 Å². The fourth-order valence-electron chi connectivity index (χ4n) is 3.57. The lowest BCUT2D eigenvalue weighted by Crippen LogP contribution is -2.06. The molecule has 0 fully saturated rings. The predicted molar refractivity (Wildman–Crippen MR) is 144 cm³/mol. The lowest BCUT2D eigenvalue weighted by atomic mass is 10.00. The minimum absolute atomic E-state index is 1.26. The van der Waals surface area contributed by atoms with Crippen LogP contribution in [0.1, 0.15) is 22.3 Å². The molecule has 0 atom stereocenters. The number of benzene rings is 4. The van der Waals surface area contributed by atoms with Crippen LogP contribution in [0.5, 0.6) is 0 Å². The highest BCUT2D eigenvalue weighted by atomic mass is 32.9. The topological polar surface area (TPSA) is 0 Å². The second-order valence-corrected chi connectivity index (χ2v) is 11.9. The minimum atomic E-state index is 1.26. The van der Waals surface area contributed by atoms with Gasteiger partial charge in [-0.1, -0.05) is 163 Å². The molecule has 0 spiro atoms. The normalized spacial score (nSPS) is 10.5. The van der Waals surface area contributed by atoms with E-state index in [1.165, 1.54) is 41.1 Å². The zero-order valence-electron chi connectivity index (χ0n) is 17.2. The molecule has 0 radical (unpaired) electrons. The van der Waals surface area contributed by atoms with Gasteiger partial charge in [0.1, 0.15) is 7.69 Å². The summed E-state index contributed by atoms with van der Waals surface area (Å²) in [4.78, 5) is 0. The third kappa shape index (κ3) is 4.69. The van der Waals surface area contributed by atoms with E-state index in [2.05, 4.69) is 121 Å². The van der Waals surface area contributed by atoms with Crippen LogP contribution in [0.25, 0.3) is 11.1 Å². The lowest BCUT2D eigenvalue weighted by Gasteiger charge is -2.09. The maximum absolute atomic E-state index is 2.20. The summed E-state index contributed by atoms with van der Waals surface area (Å²) in [7, 11) is 7.47. The van der Waals surface area contributed by atoms with Gasteiger partial charge in [-0.2, -0.15) is 0 Å². The highest BCUT2D eigenvalue weighted by molar-refractivity contribution is 7.81. The van der Waals surface area contributed by atoms with Gasteiger partial charge in [0, 0.05) is 11.1 Å². The van der Waals surface area contributed by atoms with Gasteiger partial charge in [-0.05, 0) is 22.3 Å². The fraction of sp³-hybridized carbons (Fsp3) is 0. The van der Waals surface area contributed by atoms with Crippen molar-refractivity contribution in [1.82, 2.24) is 0 Å². The van der Waals surface area contributed by atoms with Gasteiger partial charge < -0.3 is 0 Å². The van der Waals surface area contributed by atoms with Gasteiger partial charge in [-0.3, -0.25) is 0 Å². The molecule has 156 valence electrons. The summed E-state index contributed by atoms with van der Waals surface area (Å²) in [5.74, 6) is 0. The molecule has 5 rings (SSSR count). The quantitative estimate of drug-likeness (QED) is 0.231. The third-order valence-corrected chi connectivity index (χ3v) is 11.4. The van der Waals surface area contributed by atoms with E-state index in [0.717, 1.165) is 0 Å². The summed E-state index contributed by atoms with van der Waals surface area (Å²) in [5.41, 5.74) is 7.65. The maximum atomic E-state index is 2.20. The molecule has 0 aliphatic heterocycles. The van der Waals surface area contributed by atoms with E-state index in [1.54, 1.807) is 0 Å². The Kier molecular flexibility index (Phi) is 6.75. The van der Waals surface area contributed by atoms with Gasteiger partial charge in [0.2, 0.25) is 0 Å². The van der Waals surface area contributed by atoms with Crippen molar-refractivity contribution >= 4 is 52.5 Å². The van der Waals surface area contributed by atoms with Crippen LogP contribution in [0.4, 0.5) is 0 Å². The second-order valence-electron chi connectivity index (χ2n) is 7.12. The molecule has 1 heterocycles. The molecule has 1 aromatic heterocycles. The number of hydrogen-bond acceptors (Lipinski definition) is 4. The summed E-state index contributed by atoms with van der Waals surface area (Å²) < 4.78 is 2.67. The van der Waals surface area contributed by atoms with Crippen molar-refractivity contribution in [3.63, 3.8) is 0 Å². The van der Waals surface area contributed by atoms with Crippen LogP contribution >= 0.6 is 41.4 Å². The Morgan fingerprint density at radius 3 is 0.750 bits per heavy atom. The molecule has 32 heavy (non-hydrogen) atoms. The number of rotatable bonds is 4. The van der Waals surface area contributed by atoms with Crippen molar-refractivity contribution in [3.05, 3.63) is 151 Å². The Labute approximate surface area is 202 Å². The SMILES string of the molecule is c1ccc(C(c2ccccc2)=c2ssc(=C(c3ccccc3)c3ccccc3)ss2)cc1. The van der Waals surface area contributed by atoms with Gasteiger partial charge in [0.15, 0.2) is 0 Å². The van der Waals surface area contributed by atoms with Gasteiger partial charge in [0.25, 0.3) is 0 Å². The van der Waals surface area contributed by atoms with E-state index < -0.39 is 0 Å². The van der Waals surface area contributed by atoms with E-state index in [-0.39, 0.29) is 0 Å². The minimum Gasteiger partial charge on any atom is -0.0666 e. The van der Waals surface area contributed by atoms with Gasteiger partial charge in [-0.15, -0.1) is 0 Å². The van der Waals surface area contributed by atoms with Crippen molar-refractivity contribution in [1.29, 1.82) is 0 Å². The monoisotopic (exact) mass is 484 g/mol. The average molecular weight is 485 g/mol. The van der Waals surface area contributed by atoms with E-state index in [4.69, 9.17) is 0 Å². The molecular formula is C28H20S4. The molecule has 0 saturated heterocycles. The van der Waals surface area contributed by atoms with Gasteiger partial charge >= 0.3 is 0 Å². The summed E-state index contributed by atoms with van der Waals surface area (Å²) in [6.07, 6.45) is 0. The highest BCUT2D eigenvalue weighted by Crippen LogP contribution is 2.25. The Morgan fingerprint density at radius 2 is 0.531 bits per heavy atom.